The second-order valence-corrected chi connectivity index (χ2v) is 6.16. The van der Waals surface area contributed by atoms with Crippen LogP contribution in [0.5, 0.6) is 5.75 Å². The number of anilines is 1. The van der Waals surface area contributed by atoms with Gasteiger partial charge >= 0.3 is 0 Å². The van der Waals surface area contributed by atoms with Crippen LogP contribution in [-0.2, 0) is 6.54 Å². The highest BCUT2D eigenvalue weighted by atomic mass is 16.6. The molecule has 4 rings (SSSR count). The van der Waals surface area contributed by atoms with Gasteiger partial charge in [-0.2, -0.15) is 0 Å². The third-order valence-electron chi connectivity index (χ3n) is 4.43. The number of ether oxygens (including phenoxy) is 1. The molecule has 0 atom stereocenters. The molecule has 0 bridgehead atoms. The van der Waals surface area contributed by atoms with Gasteiger partial charge in [0.05, 0.1) is 11.9 Å². The fourth-order valence-electron chi connectivity index (χ4n) is 3.13. The number of nitrogens with one attached hydrogen (secondary N) is 1. The Hall–Kier alpha value is -3.46. The number of nitrogens with two attached hydrogens (primary N) is 1. The summed E-state index contributed by atoms with van der Waals surface area (Å²) in [5.74, 6) is 1.41. The van der Waals surface area contributed by atoms with Crippen molar-refractivity contribution in [2.45, 2.75) is 13.5 Å². The molecule has 3 heterocycles. The molecule has 0 spiro atoms. The smallest absolute Gasteiger partial charge is 0.199 e. The second kappa shape index (κ2) is 7.65. The average molecular weight is 379 g/mol. The molecule has 9 nitrogen and oxygen atoms in total. The summed E-state index contributed by atoms with van der Waals surface area (Å²) in [6.07, 6.45) is 1.74. The van der Waals surface area contributed by atoms with Crippen molar-refractivity contribution in [3.8, 4) is 28.5 Å². The Morgan fingerprint density at radius 1 is 1.18 bits per heavy atom. The van der Waals surface area contributed by atoms with Crippen LogP contribution in [0.4, 0.5) is 5.82 Å². The number of nitrogens with zero attached hydrogens (tertiary/aromatic N) is 5. The molecule has 4 aromatic rings. The second-order valence-electron chi connectivity index (χ2n) is 6.16. The largest absolute Gasteiger partial charge is 0.488 e. The van der Waals surface area contributed by atoms with Gasteiger partial charge in [-0.15, -0.1) is 0 Å². The first kappa shape index (κ1) is 17.9. The Labute approximate surface area is 161 Å². The number of aryl methyl sites for hydroxylation is 1. The van der Waals surface area contributed by atoms with E-state index in [1.165, 1.54) is 0 Å². The molecule has 28 heavy (non-hydrogen) atoms. The number of benzene rings is 1. The van der Waals surface area contributed by atoms with Crippen LogP contribution in [-0.4, -0.2) is 45.0 Å². The van der Waals surface area contributed by atoms with Crippen molar-refractivity contribution in [1.82, 2.24) is 30.2 Å². The molecule has 0 aliphatic rings. The van der Waals surface area contributed by atoms with E-state index in [4.69, 9.17) is 20.1 Å². The first-order valence-corrected chi connectivity index (χ1v) is 9.05. The van der Waals surface area contributed by atoms with Crippen LogP contribution in [0.25, 0.3) is 33.8 Å². The first-order chi connectivity index (χ1) is 13.7. The van der Waals surface area contributed by atoms with Crippen molar-refractivity contribution in [1.29, 1.82) is 0 Å². The minimum atomic E-state index is 0.192. The maximum absolute atomic E-state index is 5.98. The number of imidazole rings is 1. The van der Waals surface area contributed by atoms with Gasteiger partial charge in [-0.05, 0) is 24.3 Å². The van der Waals surface area contributed by atoms with Crippen molar-refractivity contribution in [3.05, 3.63) is 36.5 Å². The van der Waals surface area contributed by atoms with E-state index >= 15 is 0 Å². The van der Waals surface area contributed by atoms with Crippen molar-refractivity contribution in [3.63, 3.8) is 0 Å². The average Bonchev–Trinajstić information content (AvgIpc) is 3.32. The van der Waals surface area contributed by atoms with E-state index in [0.29, 0.717) is 35.9 Å². The van der Waals surface area contributed by atoms with Crippen LogP contribution in [0.15, 0.2) is 41.2 Å². The minimum Gasteiger partial charge on any atom is -0.488 e. The van der Waals surface area contributed by atoms with Gasteiger partial charge in [-0.25, -0.2) is 14.6 Å². The summed E-state index contributed by atoms with van der Waals surface area (Å²) in [6.45, 7) is 3.89. The van der Waals surface area contributed by atoms with Crippen molar-refractivity contribution < 1.29 is 9.37 Å². The van der Waals surface area contributed by atoms with Crippen molar-refractivity contribution in [2.75, 3.05) is 25.9 Å². The van der Waals surface area contributed by atoms with Crippen molar-refractivity contribution in [2.24, 2.45) is 0 Å². The summed E-state index contributed by atoms with van der Waals surface area (Å²) in [6, 6.07) is 9.91. The third kappa shape index (κ3) is 3.05. The molecule has 0 saturated carbocycles. The van der Waals surface area contributed by atoms with E-state index in [1.54, 1.807) is 6.20 Å². The molecule has 0 fully saturated rings. The molecule has 1 aromatic carbocycles. The number of fused-ring (bicyclic) bond motifs is 1. The lowest BCUT2D eigenvalue weighted by Gasteiger charge is -2.11. The zero-order chi connectivity index (χ0) is 19.5. The van der Waals surface area contributed by atoms with Crippen LogP contribution >= 0.6 is 0 Å². The number of pyridine rings is 1. The fourth-order valence-corrected chi connectivity index (χ4v) is 3.13. The van der Waals surface area contributed by atoms with E-state index in [0.717, 1.165) is 23.3 Å². The topological polar surface area (TPSA) is 117 Å². The summed E-state index contributed by atoms with van der Waals surface area (Å²) in [5, 5.41) is 10.7. The van der Waals surface area contributed by atoms with Gasteiger partial charge < -0.3 is 20.4 Å². The molecule has 0 radical (unpaired) electrons. The van der Waals surface area contributed by atoms with Crippen LogP contribution in [0, 0.1) is 0 Å². The van der Waals surface area contributed by atoms with Crippen LogP contribution < -0.4 is 15.8 Å². The molecular weight excluding hydrogens is 358 g/mol. The van der Waals surface area contributed by atoms with Gasteiger partial charge in [0, 0.05) is 18.7 Å². The van der Waals surface area contributed by atoms with Gasteiger partial charge in [0.2, 0.25) is 0 Å². The van der Waals surface area contributed by atoms with Crippen LogP contribution in [0.1, 0.15) is 6.92 Å². The highest BCUT2D eigenvalue weighted by molar-refractivity contribution is 5.95. The normalized spacial score (nSPS) is 11.2. The Balaban J connectivity index is 1.97. The summed E-state index contributed by atoms with van der Waals surface area (Å²) in [7, 11) is 1.88. The molecule has 3 N–H and O–H groups in total. The summed E-state index contributed by atoms with van der Waals surface area (Å²) >= 11 is 0. The lowest BCUT2D eigenvalue weighted by molar-refractivity contribution is 0.310. The molecule has 0 unspecified atom stereocenters. The SMILES string of the molecule is CCn1c(-c2nonc2N)nc2c(-c3ccccc3)ncc(OCCNC)c21. The quantitative estimate of drug-likeness (QED) is 0.470. The maximum Gasteiger partial charge on any atom is 0.199 e. The Kier molecular flexibility index (Phi) is 4.90. The molecule has 9 heteroatoms. The van der Waals surface area contributed by atoms with Crippen LogP contribution in [0.2, 0.25) is 0 Å². The zero-order valence-corrected chi connectivity index (χ0v) is 15.7. The number of hydrogen-bond donors (Lipinski definition) is 2. The summed E-state index contributed by atoms with van der Waals surface area (Å²) in [5.41, 5.74) is 9.61. The highest BCUT2D eigenvalue weighted by Gasteiger charge is 2.23. The number of rotatable bonds is 7. The van der Waals surface area contributed by atoms with Gasteiger partial charge in [-0.3, -0.25) is 0 Å². The number of aromatic nitrogens is 5. The van der Waals surface area contributed by atoms with Crippen LogP contribution in [0.3, 0.4) is 0 Å². The Bertz CT molecular complexity index is 1090. The number of nitrogen functional groups attached to an aromatic ring is 1. The number of hydrogen-bond acceptors (Lipinski definition) is 8. The Morgan fingerprint density at radius 2 is 2.00 bits per heavy atom. The van der Waals surface area contributed by atoms with Gasteiger partial charge in [0.25, 0.3) is 0 Å². The van der Waals surface area contributed by atoms with E-state index in [-0.39, 0.29) is 5.82 Å². The molecule has 0 aliphatic carbocycles. The molecular formula is C19H21N7O2. The predicted octanol–water partition coefficient (Wildman–Crippen LogP) is 2.35. The Morgan fingerprint density at radius 3 is 2.68 bits per heavy atom. The number of likely N-dealkylation sites (N-methyl/N-ethyl adjacent to an activating group) is 1. The minimum absolute atomic E-state index is 0.192. The van der Waals surface area contributed by atoms with Gasteiger partial charge in [-0.1, -0.05) is 30.3 Å². The fraction of sp³-hybridized carbons (Fsp3) is 0.263. The molecule has 0 aliphatic heterocycles. The molecule has 3 aromatic heterocycles. The van der Waals surface area contributed by atoms with E-state index in [2.05, 4.69) is 20.6 Å². The predicted molar refractivity (Wildman–Crippen MR) is 106 cm³/mol. The van der Waals surface area contributed by atoms with Crippen molar-refractivity contribution >= 4 is 16.9 Å². The molecule has 144 valence electrons. The zero-order valence-electron chi connectivity index (χ0n) is 15.7. The highest BCUT2D eigenvalue weighted by Crippen LogP contribution is 2.36. The van der Waals surface area contributed by atoms with Gasteiger partial charge in [0.15, 0.2) is 23.1 Å². The van der Waals surface area contributed by atoms with E-state index in [9.17, 15) is 0 Å². The third-order valence-corrected chi connectivity index (χ3v) is 4.43. The maximum atomic E-state index is 5.98. The lowest BCUT2D eigenvalue weighted by atomic mass is 10.1. The lowest BCUT2D eigenvalue weighted by Crippen LogP contribution is -2.16. The van der Waals surface area contributed by atoms with E-state index < -0.39 is 0 Å². The van der Waals surface area contributed by atoms with E-state index in [1.807, 2.05) is 48.9 Å². The monoisotopic (exact) mass is 379 g/mol. The van der Waals surface area contributed by atoms with Gasteiger partial charge in [0.1, 0.15) is 17.6 Å². The summed E-state index contributed by atoms with van der Waals surface area (Å²) in [4.78, 5) is 9.45. The molecule has 0 saturated heterocycles. The summed E-state index contributed by atoms with van der Waals surface area (Å²) < 4.78 is 12.8. The first-order valence-electron chi connectivity index (χ1n) is 9.05. The standard InChI is InChI=1S/C19H21N7O2/c1-3-26-17-13(27-10-9-21-2)11-22-14(12-7-5-4-6-8-12)15(17)23-19(26)16-18(20)25-28-24-16/h4-8,11,21H,3,9-10H2,1-2H3,(H2,20,25). The molecule has 0 amide bonds.